The van der Waals surface area contributed by atoms with Crippen LogP contribution in [-0.4, -0.2) is 17.1 Å². The molecule has 7 heteroatoms. The summed E-state index contributed by atoms with van der Waals surface area (Å²) < 4.78 is 18.8. The van der Waals surface area contributed by atoms with Gasteiger partial charge in [-0.15, -0.1) is 0 Å². The molecule has 2 aromatic rings. The van der Waals surface area contributed by atoms with Crippen molar-refractivity contribution in [2.45, 2.75) is 26.9 Å². The van der Waals surface area contributed by atoms with E-state index in [1.807, 2.05) is 32.0 Å². The van der Waals surface area contributed by atoms with Gasteiger partial charge in [0.25, 0.3) is 5.91 Å². The highest BCUT2D eigenvalue weighted by atomic mass is 32.1. The molecule has 5 nitrogen and oxygen atoms in total. The monoisotopic (exact) mass is 361 g/mol. The Bertz CT molecular complexity index is 783. The van der Waals surface area contributed by atoms with Gasteiger partial charge in [0.1, 0.15) is 0 Å². The van der Waals surface area contributed by atoms with E-state index in [2.05, 4.69) is 16.2 Å². The predicted molar refractivity (Wildman–Crippen MR) is 99.9 cm³/mol. The Morgan fingerprint density at radius 2 is 1.84 bits per heavy atom. The summed E-state index contributed by atoms with van der Waals surface area (Å²) in [5.74, 6) is -0.989. The van der Waals surface area contributed by atoms with Crippen LogP contribution in [0.2, 0.25) is 0 Å². The Balaban J connectivity index is 1.85. The van der Waals surface area contributed by atoms with Gasteiger partial charge in [-0.3, -0.25) is 15.6 Å². The van der Waals surface area contributed by atoms with E-state index in [0.29, 0.717) is 0 Å². The van der Waals surface area contributed by atoms with Crippen LogP contribution in [-0.2, 0) is 4.79 Å². The first kappa shape index (κ1) is 18.7. The number of carbonyl (C=O) groups is 1. The normalized spacial score (nSPS) is 11.4. The molecule has 0 aliphatic carbocycles. The summed E-state index contributed by atoms with van der Waals surface area (Å²) in [5.41, 5.74) is 8.08. The smallest absolute Gasteiger partial charge is 0.279 e. The van der Waals surface area contributed by atoms with Crippen LogP contribution in [0.15, 0.2) is 42.5 Å². The summed E-state index contributed by atoms with van der Waals surface area (Å²) >= 11 is 5.16. The SMILES string of the molecule is Cc1cccc(NC(=S)NNC(=O)[C@H](C)Oc2ccccc2F)c1C. The Morgan fingerprint density at radius 1 is 1.12 bits per heavy atom. The number of hydrogen-bond donors (Lipinski definition) is 3. The lowest BCUT2D eigenvalue weighted by molar-refractivity contribution is -0.127. The Labute approximate surface area is 151 Å². The molecule has 0 aromatic heterocycles. The van der Waals surface area contributed by atoms with Gasteiger partial charge in [0.2, 0.25) is 0 Å². The summed E-state index contributed by atoms with van der Waals surface area (Å²) in [6, 6.07) is 11.7. The highest BCUT2D eigenvalue weighted by molar-refractivity contribution is 7.80. The topological polar surface area (TPSA) is 62.4 Å². The number of benzene rings is 2. The van der Waals surface area contributed by atoms with E-state index in [1.54, 1.807) is 12.1 Å². The maximum atomic E-state index is 13.5. The van der Waals surface area contributed by atoms with Crippen molar-refractivity contribution in [3.63, 3.8) is 0 Å². The lowest BCUT2D eigenvalue weighted by atomic mass is 10.1. The zero-order valence-corrected chi connectivity index (χ0v) is 15.0. The molecule has 0 spiro atoms. The Hall–Kier alpha value is -2.67. The lowest BCUT2D eigenvalue weighted by Crippen LogP contribution is -2.48. The molecule has 2 rings (SSSR count). The van der Waals surface area contributed by atoms with Gasteiger partial charge in [0.05, 0.1) is 0 Å². The second-order valence-corrected chi connectivity index (χ2v) is 5.91. The zero-order chi connectivity index (χ0) is 18.4. The molecule has 0 saturated heterocycles. The van der Waals surface area contributed by atoms with E-state index in [4.69, 9.17) is 17.0 Å². The first-order valence-electron chi connectivity index (χ1n) is 7.72. The second-order valence-electron chi connectivity index (χ2n) is 5.51. The highest BCUT2D eigenvalue weighted by Gasteiger charge is 2.16. The fourth-order valence-electron chi connectivity index (χ4n) is 2.04. The van der Waals surface area contributed by atoms with Crippen molar-refractivity contribution in [3.8, 4) is 5.75 Å². The van der Waals surface area contributed by atoms with Crippen LogP contribution in [0.25, 0.3) is 0 Å². The number of rotatable bonds is 4. The van der Waals surface area contributed by atoms with Crippen LogP contribution >= 0.6 is 12.2 Å². The maximum absolute atomic E-state index is 13.5. The van der Waals surface area contributed by atoms with Crippen LogP contribution in [0.1, 0.15) is 18.1 Å². The number of nitrogens with one attached hydrogen (secondary N) is 3. The number of anilines is 1. The van der Waals surface area contributed by atoms with Gasteiger partial charge in [0.15, 0.2) is 22.8 Å². The van der Waals surface area contributed by atoms with Crippen molar-refractivity contribution < 1.29 is 13.9 Å². The molecule has 25 heavy (non-hydrogen) atoms. The number of para-hydroxylation sites is 1. The van der Waals surface area contributed by atoms with Crippen LogP contribution in [0.4, 0.5) is 10.1 Å². The van der Waals surface area contributed by atoms with E-state index >= 15 is 0 Å². The molecule has 0 heterocycles. The van der Waals surface area contributed by atoms with Crippen molar-refractivity contribution in [1.82, 2.24) is 10.9 Å². The molecule has 0 bridgehead atoms. The van der Waals surface area contributed by atoms with Gasteiger partial charge in [-0.2, -0.15) is 0 Å². The van der Waals surface area contributed by atoms with E-state index in [1.165, 1.54) is 19.1 Å². The number of aryl methyl sites for hydroxylation is 1. The summed E-state index contributed by atoms with van der Waals surface area (Å²) in [5, 5.41) is 3.25. The molecule has 2 aromatic carbocycles. The minimum absolute atomic E-state index is 0.0150. The number of amides is 1. The first-order chi connectivity index (χ1) is 11.9. The molecular formula is C18H20FN3O2S. The molecule has 0 radical (unpaired) electrons. The number of hydrazine groups is 1. The standard InChI is InChI=1S/C18H20FN3O2S/c1-11-7-6-9-15(12(11)2)20-18(25)22-21-17(23)13(3)24-16-10-5-4-8-14(16)19/h4-10,13H,1-3H3,(H,21,23)(H2,20,22,25)/t13-/m0/s1. The molecular weight excluding hydrogens is 341 g/mol. The number of carbonyl (C=O) groups excluding carboxylic acids is 1. The third-order valence-electron chi connectivity index (χ3n) is 3.66. The molecule has 1 amide bonds. The summed E-state index contributed by atoms with van der Waals surface area (Å²) in [4.78, 5) is 12.0. The van der Waals surface area contributed by atoms with E-state index < -0.39 is 17.8 Å². The van der Waals surface area contributed by atoms with Crippen LogP contribution in [0.3, 0.4) is 0 Å². The first-order valence-corrected chi connectivity index (χ1v) is 8.13. The summed E-state index contributed by atoms with van der Waals surface area (Å²) in [7, 11) is 0. The fraction of sp³-hybridized carbons (Fsp3) is 0.222. The minimum atomic E-state index is -0.895. The van der Waals surface area contributed by atoms with Crippen molar-refractivity contribution in [2.24, 2.45) is 0 Å². The quantitative estimate of drug-likeness (QED) is 0.576. The average Bonchev–Trinajstić information content (AvgIpc) is 2.58. The molecule has 1 atom stereocenters. The molecule has 3 N–H and O–H groups in total. The number of hydrogen-bond acceptors (Lipinski definition) is 3. The highest BCUT2D eigenvalue weighted by Crippen LogP contribution is 2.18. The van der Waals surface area contributed by atoms with E-state index in [-0.39, 0.29) is 10.9 Å². The van der Waals surface area contributed by atoms with Gasteiger partial charge in [-0.25, -0.2) is 4.39 Å². The molecule has 0 aliphatic rings. The fourth-order valence-corrected chi connectivity index (χ4v) is 2.21. The van der Waals surface area contributed by atoms with Gasteiger partial charge < -0.3 is 10.1 Å². The van der Waals surface area contributed by atoms with Gasteiger partial charge >= 0.3 is 0 Å². The van der Waals surface area contributed by atoms with Gasteiger partial charge in [-0.05, 0) is 62.3 Å². The molecule has 0 fully saturated rings. The third-order valence-corrected chi connectivity index (χ3v) is 3.87. The molecule has 0 aliphatic heterocycles. The summed E-state index contributed by atoms with van der Waals surface area (Å²) in [6.07, 6.45) is -0.895. The predicted octanol–water partition coefficient (Wildman–Crippen LogP) is 3.23. The van der Waals surface area contributed by atoms with Crippen molar-refractivity contribution in [1.29, 1.82) is 0 Å². The molecule has 132 valence electrons. The van der Waals surface area contributed by atoms with Crippen molar-refractivity contribution in [3.05, 3.63) is 59.4 Å². The largest absolute Gasteiger partial charge is 0.478 e. The Morgan fingerprint density at radius 3 is 2.56 bits per heavy atom. The summed E-state index contributed by atoms with van der Waals surface area (Å²) in [6.45, 7) is 5.49. The van der Waals surface area contributed by atoms with Crippen LogP contribution in [0.5, 0.6) is 5.75 Å². The Kier molecular flexibility index (Phi) is 6.30. The van der Waals surface area contributed by atoms with Crippen molar-refractivity contribution >= 4 is 28.9 Å². The van der Waals surface area contributed by atoms with Gasteiger partial charge in [-0.1, -0.05) is 24.3 Å². The van der Waals surface area contributed by atoms with Crippen LogP contribution < -0.4 is 20.9 Å². The lowest BCUT2D eigenvalue weighted by Gasteiger charge is -2.17. The zero-order valence-electron chi connectivity index (χ0n) is 14.2. The van der Waals surface area contributed by atoms with Gasteiger partial charge in [0, 0.05) is 5.69 Å². The van der Waals surface area contributed by atoms with E-state index in [0.717, 1.165) is 16.8 Å². The van der Waals surface area contributed by atoms with Crippen LogP contribution in [0, 0.1) is 19.7 Å². The van der Waals surface area contributed by atoms with Crippen molar-refractivity contribution in [2.75, 3.05) is 5.32 Å². The third kappa shape index (κ3) is 5.15. The number of halogens is 1. The number of ether oxygens (including phenoxy) is 1. The maximum Gasteiger partial charge on any atom is 0.279 e. The minimum Gasteiger partial charge on any atom is -0.478 e. The molecule has 0 saturated carbocycles. The van der Waals surface area contributed by atoms with E-state index in [9.17, 15) is 9.18 Å². The average molecular weight is 361 g/mol. The molecule has 0 unspecified atom stereocenters. The number of thiocarbonyl (C=S) groups is 1. The second kappa shape index (κ2) is 8.43.